The Labute approximate surface area is 402 Å². The number of nitrogens with zero attached hydrogens (tertiary/aromatic N) is 2. The summed E-state index contributed by atoms with van der Waals surface area (Å²) in [6.07, 6.45) is 8.03. The number of anilines is 5. The molecule has 0 N–H and O–H groups in total. The van der Waals surface area contributed by atoms with Crippen LogP contribution in [0.25, 0.3) is 86.9 Å². The Kier molecular flexibility index (Phi) is 9.91. The first-order chi connectivity index (χ1) is 34.1. The molecule has 0 spiro atoms. The molecule has 2 nitrogen and oxygen atoms in total. The standard InChI is InChI=1S/C67H48N2/c1-45-23-33-51(34-24-45)69(55-40-42-65-61-20-8-6-16-57(61)59-18-10-12-22-63(59)67(65)44-55)53-37-31-49(32-38-53)47-27-25-46(26-28-47)48-29-35-52(36-30-48)68(50-13-3-2-4-14-50)54-39-41-64-60-19-7-5-15-56(60)58-17-9-11-21-62(58)66(64)43-54/h2-23,25-45H,24H2,1H3. The second kappa shape index (κ2) is 16.9. The van der Waals surface area contributed by atoms with Crippen LogP contribution in [0.5, 0.6) is 0 Å². The summed E-state index contributed by atoms with van der Waals surface area (Å²) in [7, 11) is 0. The fraction of sp³-hybridized carbons (Fsp3) is 0.0448. The van der Waals surface area contributed by atoms with Crippen molar-refractivity contribution < 1.29 is 0 Å². The molecule has 0 heterocycles. The number of para-hydroxylation sites is 1. The van der Waals surface area contributed by atoms with Gasteiger partial charge in [0.05, 0.1) is 0 Å². The topological polar surface area (TPSA) is 6.48 Å². The van der Waals surface area contributed by atoms with Crippen molar-refractivity contribution in [2.24, 2.45) is 5.92 Å². The van der Waals surface area contributed by atoms with E-state index in [9.17, 15) is 0 Å². The number of benzene rings is 12. The Morgan fingerprint density at radius 1 is 0.290 bits per heavy atom. The number of hydrogen-bond donors (Lipinski definition) is 0. The van der Waals surface area contributed by atoms with Gasteiger partial charge in [0.25, 0.3) is 0 Å². The Balaban J connectivity index is 0.810. The summed E-state index contributed by atoms with van der Waals surface area (Å²) in [6, 6.07) is 86.9. The molecule has 12 aromatic rings. The molecule has 326 valence electrons. The maximum absolute atomic E-state index is 2.42. The molecule has 0 bridgehead atoms. The molecule has 12 aromatic carbocycles. The molecule has 1 aliphatic rings. The first-order valence-corrected chi connectivity index (χ1v) is 24.1. The smallest absolute Gasteiger partial charge is 0.0468 e. The first kappa shape index (κ1) is 40.5. The third-order valence-electron chi connectivity index (χ3n) is 14.3. The molecule has 0 saturated carbocycles. The molecule has 0 fully saturated rings. The average molecular weight is 881 g/mol. The Morgan fingerprint density at radius 3 is 0.986 bits per heavy atom. The lowest BCUT2D eigenvalue weighted by atomic mass is 9.93. The minimum absolute atomic E-state index is 0.522. The fourth-order valence-electron chi connectivity index (χ4n) is 10.9. The van der Waals surface area contributed by atoms with Gasteiger partial charge < -0.3 is 9.80 Å². The minimum atomic E-state index is 0.522. The van der Waals surface area contributed by atoms with Gasteiger partial charge in [-0.25, -0.2) is 0 Å². The van der Waals surface area contributed by atoms with E-state index in [2.05, 4.69) is 272 Å². The molecular weight excluding hydrogens is 833 g/mol. The van der Waals surface area contributed by atoms with Crippen molar-refractivity contribution in [3.05, 3.63) is 261 Å². The van der Waals surface area contributed by atoms with Crippen molar-refractivity contribution in [1.29, 1.82) is 0 Å². The zero-order chi connectivity index (χ0) is 45.8. The normalized spacial score (nSPS) is 13.7. The van der Waals surface area contributed by atoms with Crippen LogP contribution < -0.4 is 9.80 Å². The van der Waals surface area contributed by atoms with Gasteiger partial charge in [0, 0.05) is 34.1 Å². The van der Waals surface area contributed by atoms with E-state index < -0.39 is 0 Å². The van der Waals surface area contributed by atoms with E-state index in [0.29, 0.717) is 5.92 Å². The van der Waals surface area contributed by atoms with Crippen LogP contribution in [0.4, 0.5) is 28.4 Å². The maximum atomic E-state index is 2.42. The van der Waals surface area contributed by atoms with E-state index in [1.165, 1.54) is 92.6 Å². The summed E-state index contributed by atoms with van der Waals surface area (Å²) >= 11 is 0. The molecule has 0 saturated heterocycles. The summed E-state index contributed by atoms with van der Waals surface area (Å²) in [5.74, 6) is 0.522. The third kappa shape index (κ3) is 7.12. The second-order valence-corrected chi connectivity index (χ2v) is 18.5. The molecule has 1 atom stereocenters. The zero-order valence-corrected chi connectivity index (χ0v) is 38.4. The molecule has 1 unspecified atom stereocenters. The zero-order valence-electron chi connectivity index (χ0n) is 38.4. The molecule has 0 aliphatic heterocycles. The van der Waals surface area contributed by atoms with Crippen molar-refractivity contribution >= 4 is 93.1 Å². The van der Waals surface area contributed by atoms with Gasteiger partial charge >= 0.3 is 0 Å². The largest absolute Gasteiger partial charge is 0.311 e. The fourth-order valence-corrected chi connectivity index (χ4v) is 10.9. The predicted molar refractivity (Wildman–Crippen MR) is 297 cm³/mol. The van der Waals surface area contributed by atoms with Crippen molar-refractivity contribution in [3.8, 4) is 22.3 Å². The summed E-state index contributed by atoms with van der Waals surface area (Å²) < 4.78 is 0. The molecule has 0 amide bonds. The maximum Gasteiger partial charge on any atom is 0.0468 e. The summed E-state index contributed by atoms with van der Waals surface area (Å²) in [5.41, 5.74) is 11.6. The van der Waals surface area contributed by atoms with E-state index in [1.54, 1.807) is 0 Å². The lowest BCUT2D eigenvalue weighted by Crippen LogP contribution is -2.17. The summed E-state index contributed by atoms with van der Waals surface area (Å²) in [5, 5.41) is 15.4. The van der Waals surface area contributed by atoms with Crippen LogP contribution in [-0.4, -0.2) is 0 Å². The Morgan fingerprint density at radius 2 is 0.594 bits per heavy atom. The van der Waals surface area contributed by atoms with Crippen LogP contribution in [0.2, 0.25) is 0 Å². The van der Waals surface area contributed by atoms with Crippen molar-refractivity contribution in [1.82, 2.24) is 0 Å². The highest BCUT2D eigenvalue weighted by Gasteiger charge is 2.19. The minimum Gasteiger partial charge on any atom is -0.311 e. The highest BCUT2D eigenvalue weighted by Crippen LogP contribution is 2.43. The van der Waals surface area contributed by atoms with E-state index in [0.717, 1.165) is 34.9 Å². The monoisotopic (exact) mass is 880 g/mol. The molecule has 1 aliphatic carbocycles. The SMILES string of the molecule is CC1C=CC(N(c2ccc(-c3ccc(-c4ccc(N(c5ccccc5)c5ccc6c7ccccc7c7ccccc7c6c5)cc4)cc3)cc2)c2ccc3c4ccccc4c4ccccc4c3c2)=CC1. The van der Waals surface area contributed by atoms with Gasteiger partial charge in [-0.3, -0.25) is 0 Å². The van der Waals surface area contributed by atoms with Crippen LogP contribution in [0.3, 0.4) is 0 Å². The lowest BCUT2D eigenvalue weighted by molar-refractivity contribution is 0.728. The molecule has 69 heavy (non-hydrogen) atoms. The molecule has 13 rings (SSSR count). The highest BCUT2D eigenvalue weighted by atomic mass is 15.1. The quantitative estimate of drug-likeness (QED) is 0.140. The summed E-state index contributed by atoms with van der Waals surface area (Å²) in [4.78, 5) is 4.79. The van der Waals surface area contributed by atoms with E-state index >= 15 is 0 Å². The Hall–Kier alpha value is -8.72. The van der Waals surface area contributed by atoms with Gasteiger partial charge in [0.15, 0.2) is 0 Å². The van der Waals surface area contributed by atoms with Gasteiger partial charge in [-0.05, 0) is 166 Å². The number of allylic oxidation sites excluding steroid dienone is 3. The highest BCUT2D eigenvalue weighted by molar-refractivity contribution is 6.27. The molecule has 2 heteroatoms. The third-order valence-corrected chi connectivity index (χ3v) is 14.3. The van der Waals surface area contributed by atoms with Crippen molar-refractivity contribution in [2.45, 2.75) is 13.3 Å². The summed E-state index contributed by atoms with van der Waals surface area (Å²) in [6.45, 7) is 2.28. The van der Waals surface area contributed by atoms with Gasteiger partial charge in [-0.2, -0.15) is 0 Å². The van der Waals surface area contributed by atoms with E-state index in [1.807, 2.05) is 0 Å². The van der Waals surface area contributed by atoms with Gasteiger partial charge in [0.1, 0.15) is 0 Å². The van der Waals surface area contributed by atoms with Gasteiger partial charge in [-0.1, -0.05) is 195 Å². The number of fused-ring (bicyclic) bond motifs is 12. The Bertz CT molecular complexity index is 3910. The van der Waals surface area contributed by atoms with Crippen molar-refractivity contribution in [2.75, 3.05) is 9.80 Å². The van der Waals surface area contributed by atoms with Crippen LogP contribution in [-0.2, 0) is 0 Å². The van der Waals surface area contributed by atoms with Crippen LogP contribution in [0.1, 0.15) is 13.3 Å². The van der Waals surface area contributed by atoms with Crippen LogP contribution >= 0.6 is 0 Å². The molecule has 0 aromatic heterocycles. The second-order valence-electron chi connectivity index (χ2n) is 18.5. The average Bonchev–Trinajstić information content (AvgIpc) is 3.42. The lowest BCUT2D eigenvalue weighted by Gasteiger charge is -2.29. The first-order valence-electron chi connectivity index (χ1n) is 24.1. The van der Waals surface area contributed by atoms with Crippen molar-refractivity contribution in [3.63, 3.8) is 0 Å². The van der Waals surface area contributed by atoms with E-state index in [-0.39, 0.29) is 0 Å². The number of rotatable bonds is 8. The number of hydrogen-bond acceptors (Lipinski definition) is 2. The predicted octanol–water partition coefficient (Wildman–Crippen LogP) is 19.0. The van der Waals surface area contributed by atoms with Crippen LogP contribution in [0.15, 0.2) is 261 Å². The van der Waals surface area contributed by atoms with Crippen LogP contribution in [0, 0.1) is 5.92 Å². The van der Waals surface area contributed by atoms with E-state index in [4.69, 9.17) is 0 Å². The molecule has 0 radical (unpaired) electrons. The molecular formula is C67H48N2. The van der Waals surface area contributed by atoms with Gasteiger partial charge in [0.2, 0.25) is 0 Å². The van der Waals surface area contributed by atoms with Gasteiger partial charge in [-0.15, -0.1) is 0 Å².